The van der Waals surface area contributed by atoms with Gasteiger partial charge in [0, 0.05) is 4.47 Å². The first-order valence-electron chi connectivity index (χ1n) is 10.5. The minimum absolute atomic E-state index is 0.323. The number of rotatable bonds is 0. The van der Waals surface area contributed by atoms with Crippen molar-refractivity contribution in [3.05, 3.63) is 106 Å². The number of hydrogen-bond donors (Lipinski definition) is 1. The van der Waals surface area contributed by atoms with Crippen molar-refractivity contribution >= 4 is 43.0 Å². The molecule has 0 radical (unpaired) electrons. The Bertz CT molecular complexity index is 1310. The molecule has 2 aliphatic rings. The smallest absolute Gasteiger partial charge is 0.116 e. The highest BCUT2D eigenvalue weighted by atomic mass is 79.9. The van der Waals surface area contributed by atoms with Gasteiger partial charge in [0.05, 0.1) is 0 Å². The van der Waals surface area contributed by atoms with Crippen LogP contribution in [0.2, 0.25) is 0 Å². The first kappa shape index (κ1) is 19.1. The van der Waals surface area contributed by atoms with Crippen molar-refractivity contribution < 1.29 is 5.11 Å². The molecule has 1 N–H and O–H groups in total. The van der Waals surface area contributed by atoms with E-state index in [9.17, 15) is 0 Å². The summed E-state index contributed by atoms with van der Waals surface area (Å²) in [6, 6.07) is 24.4. The van der Waals surface area contributed by atoms with Crippen LogP contribution in [0, 0.1) is 0 Å². The van der Waals surface area contributed by atoms with E-state index in [-0.39, 0.29) is 0 Å². The predicted molar refractivity (Wildman–Crippen MR) is 131 cm³/mol. The molecule has 0 aliphatic heterocycles. The van der Waals surface area contributed by atoms with E-state index >= 15 is 0 Å². The minimum Gasteiger partial charge on any atom is -0.508 e. The average molecular weight is 455 g/mol. The van der Waals surface area contributed by atoms with Crippen molar-refractivity contribution in [2.24, 2.45) is 0 Å². The molecule has 148 valence electrons. The summed E-state index contributed by atoms with van der Waals surface area (Å²) in [6.45, 7) is 0. The molecule has 0 amide bonds. The van der Waals surface area contributed by atoms with Gasteiger partial charge in [0.1, 0.15) is 5.75 Å². The molecule has 0 bridgehead atoms. The van der Waals surface area contributed by atoms with Crippen molar-refractivity contribution in [3.63, 3.8) is 0 Å². The van der Waals surface area contributed by atoms with Crippen molar-refractivity contribution in [2.75, 3.05) is 0 Å². The Balaban J connectivity index is 0.000000149. The zero-order valence-electron chi connectivity index (χ0n) is 16.7. The lowest BCUT2D eigenvalue weighted by molar-refractivity contribution is 0.476. The molecular weight excluding hydrogens is 432 g/mol. The Kier molecular flexibility index (Phi) is 5.18. The average Bonchev–Trinajstić information content (AvgIpc) is 2.79. The molecule has 1 nitrogen and oxygen atoms in total. The monoisotopic (exact) mass is 454 g/mol. The molecule has 0 saturated carbocycles. The Hall–Kier alpha value is -2.84. The number of aromatic hydroxyl groups is 1. The van der Waals surface area contributed by atoms with Crippen LogP contribution >= 0.6 is 15.9 Å². The van der Waals surface area contributed by atoms with Crippen LogP contribution in [0.1, 0.15) is 30.4 Å². The van der Waals surface area contributed by atoms with E-state index in [1.807, 2.05) is 30.3 Å². The lowest BCUT2D eigenvalue weighted by Gasteiger charge is -2.25. The number of fused-ring (bicyclic) bond motifs is 5. The summed E-state index contributed by atoms with van der Waals surface area (Å²) >= 11 is 3.67. The fourth-order valence-corrected chi connectivity index (χ4v) is 5.11. The SMILES string of the molecule is Brc1cccc2c3c(ccc12)C1=C(CCC=C1)CC3.Oc1ccc2ccccc2c1. The van der Waals surface area contributed by atoms with Crippen LogP contribution in [-0.2, 0) is 6.42 Å². The van der Waals surface area contributed by atoms with E-state index in [2.05, 4.69) is 58.4 Å². The van der Waals surface area contributed by atoms with Crippen LogP contribution in [0.15, 0.2) is 95.0 Å². The standard InChI is InChI=1S/C18H15Br.C10H8O/c19-18-7-3-6-14-16-9-8-12-4-1-2-5-13(12)15(16)10-11-17(14)18;11-10-6-5-8-3-1-2-4-9(8)7-10/h2-3,5-7,10-11H,1,4,8-9H2;1-7,11H. The van der Waals surface area contributed by atoms with Crippen LogP contribution < -0.4 is 0 Å². The molecule has 0 fully saturated rings. The van der Waals surface area contributed by atoms with E-state index < -0.39 is 0 Å². The lowest BCUT2D eigenvalue weighted by atomic mass is 9.80. The summed E-state index contributed by atoms with van der Waals surface area (Å²) in [5.41, 5.74) is 6.14. The summed E-state index contributed by atoms with van der Waals surface area (Å²) in [5.74, 6) is 0.323. The molecule has 0 aromatic heterocycles. The van der Waals surface area contributed by atoms with Crippen LogP contribution in [-0.4, -0.2) is 5.11 Å². The number of halogens is 1. The van der Waals surface area contributed by atoms with Gasteiger partial charge < -0.3 is 5.11 Å². The highest BCUT2D eigenvalue weighted by Gasteiger charge is 2.20. The second-order valence-electron chi connectivity index (χ2n) is 7.92. The highest BCUT2D eigenvalue weighted by molar-refractivity contribution is 9.10. The summed E-state index contributed by atoms with van der Waals surface area (Å²) in [7, 11) is 0. The topological polar surface area (TPSA) is 20.2 Å². The maximum Gasteiger partial charge on any atom is 0.116 e. The van der Waals surface area contributed by atoms with Gasteiger partial charge in [0.25, 0.3) is 0 Å². The molecule has 6 rings (SSSR count). The van der Waals surface area contributed by atoms with Gasteiger partial charge in [-0.15, -0.1) is 0 Å². The molecule has 2 aliphatic carbocycles. The van der Waals surface area contributed by atoms with Gasteiger partial charge in [-0.2, -0.15) is 0 Å². The summed E-state index contributed by atoms with van der Waals surface area (Å²) < 4.78 is 1.20. The summed E-state index contributed by atoms with van der Waals surface area (Å²) in [6.07, 6.45) is 9.54. The Morgan fingerprint density at radius 3 is 2.50 bits per heavy atom. The largest absolute Gasteiger partial charge is 0.508 e. The highest BCUT2D eigenvalue weighted by Crippen LogP contribution is 2.40. The van der Waals surface area contributed by atoms with Crippen molar-refractivity contribution in [1.82, 2.24) is 0 Å². The number of hydrogen-bond acceptors (Lipinski definition) is 1. The number of allylic oxidation sites excluding steroid dienone is 4. The number of phenolic OH excluding ortho intramolecular Hbond substituents is 1. The first-order chi connectivity index (χ1) is 14.7. The molecule has 0 atom stereocenters. The van der Waals surface area contributed by atoms with E-state index in [0.29, 0.717) is 5.75 Å². The molecule has 0 heterocycles. The normalized spacial score (nSPS) is 14.8. The van der Waals surface area contributed by atoms with Gasteiger partial charge >= 0.3 is 0 Å². The molecular formula is C28H23BrO. The Morgan fingerprint density at radius 2 is 1.60 bits per heavy atom. The van der Waals surface area contributed by atoms with E-state index in [1.165, 1.54) is 57.6 Å². The number of phenols is 1. The molecule has 0 spiro atoms. The summed E-state index contributed by atoms with van der Waals surface area (Å²) in [4.78, 5) is 0. The maximum atomic E-state index is 9.13. The Morgan fingerprint density at radius 1 is 0.733 bits per heavy atom. The zero-order chi connectivity index (χ0) is 20.5. The molecule has 4 aromatic rings. The second-order valence-corrected chi connectivity index (χ2v) is 8.77. The van der Waals surface area contributed by atoms with Gasteiger partial charge in [0.15, 0.2) is 0 Å². The fourth-order valence-electron chi connectivity index (χ4n) is 4.61. The third kappa shape index (κ3) is 3.57. The third-order valence-corrected chi connectivity index (χ3v) is 6.79. The van der Waals surface area contributed by atoms with E-state index in [1.54, 1.807) is 17.7 Å². The van der Waals surface area contributed by atoms with Crippen LogP contribution in [0.5, 0.6) is 5.75 Å². The third-order valence-electron chi connectivity index (χ3n) is 6.10. The zero-order valence-corrected chi connectivity index (χ0v) is 18.3. The van der Waals surface area contributed by atoms with Gasteiger partial charge in [-0.3, -0.25) is 0 Å². The number of aryl methyl sites for hydroxylation is 1. The fraction of sp³-hybridized carbons (Fsp3) is 0.143. The van der Waals surface area contributed by atoms with Gasteiger partial charge in [0.2, 0.25) is 0 Å². The van der Waals surface area contributed by atoms with Crippen molar-refractivity contribution in [1.29, 1.82) is 0 Å². The molecule has 0 saturated heterocycles. The van der Waals surface area contributed by atoms with Crippen LogP contribution in [0.4, 0.5) is 0 Å². The predicted octanol–water partition coefficient (Wildman–Crippen LogP) is 8.20. The first-order valence-corrected chi connectivity index (χ1v) is 11.3. The lowest BCUT2D eigenvalue weighted by Crippen LogP contribution is -2.07. The minimum atomic E-state index is 0.323. The molecule has 4 aromatic carbocycles. The van der Waals surface area contributed by atoms with Gasteiger partial charge in [-0.25, -0.2) is 0 Å². The van der Waals surface area contributed by atoms with Crippen molar-refractivity contribution in [2.45, 2.75) is 25.7 Å². The van der Waals surface area contributed by atoms with Crippen LogP contribution in [0.3, 0.4) is 0 Å². The quantitative estimate of drug-likeness (QED) is 0.283. The van der Waals surface area contributed by atoms with E-state index in [0.717, 1.165) is 10.8 Å². The number of benzene rings is 4. The van der Waals surface area contributed by atoms with Gasteiger partial charge in [-0.1, -0.05) is 88.3 Å². The molecule has 30 heavy (non-hydrogen) atoms. The maximum absolute atomic E-state index is 9.13. The molecule has 2 heteroatoms. The Labute approximate surface area is 185 Å². The van der Waals surface area contributed by atoms with E-state index in [4.69, 9.17) is 5.11 Å². The second kappa shape index (κ2) is 8.12. The molecule has 0 unspecified atom stereocenters. The van der Waals surface area contributed by atoms with Crippen molar-refractivity contribution in [3.8, 4) is 5.75 Å². The van der Waals surface area contributed by atoms with Gasteiger partial charge in [-0.05, 0) is 82.1 Å². The summed E-state index contributed by atoms with van der Waals surface area (Å²) in [5, 5.41) is 14.1. The van der Waals surface area contributed by atoms with Crippen LogP contribution in [0.25, 0.3) is 27.1 Å².